The second-order valence-corrected chi connectivity index (χ2v) is 7.88. The second-order valence-electron chi connectivity index (χ2n) is 7.44. The van der Waals surface area contributed by atoms with Gasteiger partial charge in [-0.3, -0.25) is 14.9 Å². The van der Waals surface area contributed by atoms with Gasteiger partial charge in [0.2, 0.25) is 0 Å². The van der Waals surface area contributed by atoms with E-state index in [2.05, 4.69) is 0 Å². The van der Waals surface area contributed by atoms with Crippen molar-refractivity contribution in [3.8, 4) is 0 Å². The number of carboxylic acid groups (broad SMARTS) is 1. The van der Waals surface area contributed by atoms with Crippen molar-refractivity contribution in [3.05, 3.63) is 38.9 Å². The fourth-order valence-electron chi connectivity index (χ4n) is 2.99. The number of nitro groups is 1. The van der Waals surface area contributed by atoms with Crippen molar-refractivity contribution >= 4 is 29.4 Å². The standard InChI is InChI=1S/C17H21ClN2O6/c1-16(2,3)26-15(23)19-7-6-17(10-19,14(21)22)9-11-8-12(18)4-5-13(11)20(24)25/h4-5,8H,6-7,9-10H2,1-3H3,(H,21,22). The quantitative estimate of drug-likeness (QED) is 0.628. The topological polar surface area (TPSA) is 110 Å². The number of aliphatic carboxylic acids is 1. The predicted octanol–water partition coefficient (Wildman–Crippen LogP) is 3.50. The number of ether oxygens (including phenoxy) is 1. The van der Waals surface area contributed by atoms with Crippen LogP contribution in [-0.4, -0.2) is 45.7 Å². The molecular formula is C17H21ClN2O6. The molecular weight excluding hydrogens is 364 g/mol. The fourth-order valence-corrected chi connectivity index (χ4v) is 3.18. The summed E-state index contributed by atoms with van der Waals surface area (Å²) >= 11 is 5.93. The Bertz CT molecular complexity index is 745. The van der Waals surface area contributed by atoms with E-state index in [1.165, 1.54) is 23.1 Å². The van der Waals surface area contributed by atoms with E-state index >= 15 is 0 Å². The molecule has 1 saturated heterocycles. The van der Waals surface area contributed by atoms with E-state index in [4.69, 9.17) is 16.3 Å². The van der Waals surface area contributed by atoms with Gasteiger partial charge >= 0.3 is 12.1 Å². The molecule has 2 rings (SSSR count). The number of carboxylic acids is 1. The van der Waals surface area contributed by atoms with Crippen LogP contribution in [-0.2, 0) is 16.0 Å². The van der Waals surface area contributed by atoms with E-state index in [-0.39, 0.29) is 42.2 Å². The van der Waals surface area contributed by atoms with Crippen LogP contribution in [0.25, 0.3) is 0 Å². The Kier molecular flexibility index (Phi) is 5.46. The van der Waals surface area contributed by atoms with Gasteiger partial charge < -0.3 is 14.7 Å². The Labute approximate surface area is 155 Å². The highest BCUT2D eigenvalue weighted by molar-refractivity contribution is 6.30. The third-order valence-electron chi connectivity index (χ3n) is 4.23. The summed E-state index contributed by atoms with van der Waals surface area (Å²) in [6.45, 7) is 5.29. The van der Waals surface area contributed by atoms with Gasteiger partial charge in [0.15, 0.2) is 0 Å². The molecule has 1 aliphatic heterocycles. The maximum atomic E-state index is 12.2. The Morgan fingerprint density at radius 3 is 2.62 bits per heavy atom. The largest absolute Gasteiger partial charge is 0.481 e. The van der Waals surface area contributed by atoms with Crippen LogP contribution in [0.4, 0.5) is 10.5 Å². The minimum Gasteiger partial charge on any atom is -0.481 e. The highest BCUT2D eigenvalue weighted by Crippen LogP contribution is 2.38. The van der Waals surface area contributed by atoms with Crippen molar-refractivity contribution in [2.75, 3.05) is 13.1 Å². The first kappa shape index (κ1) is 20.0. The number of halogens is 1. The Morgan fingerprint density at radius 2 is 2.08 bits per heavy atom. The lowest BCUT2D eigenvalue weighted by atomic mass is 9.80. The van der Waals surface area contributed by atoms with Crippen molar-refractivity contribution in [2.45, 2.75) is 39.2 Å². The van der Waals surface area contributed by atoms with Gasteiger partial charge in [-0.1, -0.05) is 11.6 Å². The third kappa shape index (κ3) is 4.43. The zero-order valence-electron chi connectivity index (χ0n) is 14.8. The molecule has 8 nitrogen and oxygen atoms in total. The molecule has 1 atom stereocenters. The van der Waals surface area contributed by atoms with E-state index in [9.17, 15) is 24.8 Å². The van der Waals surface area contributed by atoms with E-state index < -0.39 is 28.0 Å². The molecule has 1 fully saturated rings. The molecule has 1 aromatic rings. The van der Waals surface area contributed by atoms with Gasteiger partial charge in [0.1, 0.15) is 5.60 Å². The number of amides is 1. The molecule has 142 valence electrons. The molecule has 1 N–H and O–H groups in total. The van der Waals surface area contributed by atoms with Gasteiger partial charge in [0, 0.05) is 29.7 Å². The molecule has 26 heavy (non-hydrogen) atoms. The van der Waals surface area contributed by atoms with Crippen molar-refractivity contribution in [3.63, 3.8) is 0 Å². The number of rotatable bonds is 4. The fraction of sp³-hybridized carbons (Fsp3) is 0.529. The average molecular weight is 385 g/mol. The van der Waals surface area contributed by atoms with E-state index in [0.717, 1.165) is 0 Å². The molecule has 0 aliphatic carbocycles. The van der Waals surface area contributed by atoms with Crippen LogP contribution in [0.2, 0.25) is 5.02 Å². The zero-order chi connectivity index (χ0) is 19.7. The molecule has 1 aliphatic rings. The highest BCUT2D eigenvalue weighted by Gasteiger charge is 2.48. The van der Waals surface area contributed by atoms with Crippen LogP contribution in [0.1, 0.15) is 32.8 Å². The number of carbonyl (C=O) groups is 2. The van der Waals surface area contributed by atoms with Crippen LogP contribution in [0.15, 0.2) is 18.2 Å². The lowest BCUT2D eigenvalue weighted by Gasteiger charge is -2.27. The first-order valence-electron chi connectivity index (χ1n) is 8.08. The SMILES string of the molecule is CC(C)(C)OC(=O)N1CCC(Cc2cc(Cl)ccc2[N+](=O)[O-])(C(=O)O)C1. The number of carbonyl (C=O) groups excluding carboxylic acids is 1. The number of nitro benzene ring substituents is 1. The van der Waals surface area contributed by atoms with Crippen LogP contribution in [0.3, 0.4) is 0 Å². The minimum absolute atomic E-state index is 0.0824. The summed E-state index contributed by atoms with van der Waals surface area (Å²) in [5.74, 6) is -1.11. The maximum absolute atomic E-state index is 12.2. The third-order valence-corrected chi connectivity index (χ3v) is 4.46. The molecule has 1 aromatic carbocycles. The summed E-state index contributed by atoms with van der Waals surface area (Å²) in [6.07, 6.45) is -0.523. The summed E-state index contributed by atoms with van der Waals surface area (Å²) in [5.41, 5.74) is -1.98. The number of nitrogens with zero attached hydrogens (tertiary/aromatic N) is 2. The van der Waals surface area contributed by atoms with E-state index in [1.54, 1.807) is 20.8 Å². The highest BCUT2D eigenvalue weighted by atomic mass is 35.5. The summed E-state index contributed by atoms with van der Waals surface area (Å²) < 4.78 is 5.29. The van der Waals surface area contributed by atoms with Crippen molar-refractivity contribution in [1.29, 1.82) is 0 Å². The number of hydrogen-bond acceptors (Lipinski definition) is 5. The van der Waals surface area contributed by atoms with Crippen LogP contribution >= 0.6 is 11.6 Å². The first-order chi connectivity index (χ1) is 11.9. The monoisotopic (exact) mass is 384 g/mol. The van der Waals surface area contributed by atoms with Crippen LogP contribution in [0, 0.1) is 15.5 Å². The smallest absolute Gasteiger partial charge is 0.410 e. The number of likely N-dealkylation sites (tertiary alicyclic amines) is 1. The Balaban J connectivity index is 2.28. The van der Waals surface area contributed by atoms with E-state index in [0.29, 0.717) is 0 Å². The van der Waals surface area contributed by atoms with Gasteiger partial charge in [0.25, 0.3) is 5.69 Å². The van der Waals surface area contributed by atoms with Crippen LogP contribution < -0.4 is 0 Å². The molecule has 1 unspecified atom stereocenters. The summed E-state index contributed by atoms with van der Waals surface area (Å²) in [6, 6.07) is 4.05. The zero-order valence-corrected chi connectivity index (χ0v) is 15.6. The molecule has 9 heteroatoms. The van der Waals surface area contributed by atoms with Gasteiger partial charge in [-0.25, -0.2) is 4.79 Å². The number of benzene rings is 1. The summed E-state index contributed by atoms with van der Waals surface area (Å²) in [7, 11) is 0. The van der Waals surface area contributed by atoms with E-state index in [1.807, 2.05) is 0 Å². The first-order valence-corrected chi connectivity index (χ1v) is 8.45. The van der Waals surface area contributed by atoms with Gasteiger partial charge in [-0.15, -0.1) is 0 Å². The van der Waals surface area contributed by atoms with Gasteiger partial charge in [0.05, 0.1) is 10.3 Å². The minimum atomic E-state index is -1.33. The Hall–Kier alpha value is -2.35. The molecule has 0 spiro atoms. The normalized spacial score (nSPS) is 20.1. The molecule has 1 amide bonds. The lowest BCUT2D eigenvalue weighted by Crippen LogP contribution is -2.40. The summed E-state index contributed by atoms with van der Waals surface area (Å²) in [4.78, 5) is 36.2. The molecule has 0 aromatic heterocycles. The lowest BCUT2D eigenvalue weighted by molar-refractivity contribution is -0.385. The van der Waals surface area contributed by atoms with Gasteiger partial charge in [-0.05, 0) is 45.7 Å². The molecule has 0 saturated carbocycles. The van der Waals surface area contributed by atoms with Gasteiger partial charge in [-0.2, -0.15) is 0 Å². The Morgan fingerprint density at radius 1 is 1.42 bits per heavy atom. The maximum Gasteiger partial charge on any atom is 0.410 e. The predicted molar refractivity (Wildman–Crippen MR) is 94.3 cm³/mol. The molecule has 1 heterocycles. The summed E-state index contributed by atoms with van der Waals surface area (Å²) in [5, 5.41) is 21.3. The number of hydrogen-bond donors (Lipinski definition) is 1. The van der Waals surface area contributed by atoms with Crippen molar-refractivity contribution in [1.82, 2.24) is 4.90 Å². The molecule has 0 bridgehead atoms. The second kappa shape index (κ2) is 7.11. The van der Waals surface area contributed by atoms with Crippen molar-refractivity contribution in [2.24, 2.45) is 5.41 Å². The molecule has 0 radical (unpaired) electrons. The van der Waals surface area contributed by atoms with Crippen LogP contribution in [0.5, 0.6) is 0 Å². The van der Waals surface area contributed by atoms with Crippen molar-refractivity contribution < 1.29 is 24.4 Å². The average Bonchev–Trinajstić information content (AvgIpc) is 2.91.